The molecule has 3 aromatic rings. The number of hydrogen-bond acceptors (Lipinski definition) is 3. The van der Waals surface area contributed by atoms with Crippen LogP contribution in [0.15, 0.2) is 84.3 Å². The Hall–Kier alpha value is -2.87. The number of benzene rings is 3. The highest BCUT2D eigenvalue weighted by Gasteiger charge is 2.26. The van der Waals surface area contributed by atoms with Gasteiger partial charge in [-0.15, -0.1) is 6.58 Å². The van der Waals surface area contributed by atoms with Gasteiger partial charge in [0.05, 0.1) is 33.4 Å². The lowest BCUT2D eigenvalue weighted by Gasteiger charge is -2.23. The van der Waals surface area contributed by atoms with Crippen molar-refractivity contribution in [3.05, 3.63) is 101 Å². The minimum atomic E-state index is -4.08. The molecule has 0 bridgehead atoms. The van der Waals surface area contributed by atoms with Gasteiger partial charge < -0.3 is 5.32 Å². The Labute approximate surface area is 189 Å². The minimum absolute atomic E-state index is 0.0106. The second kappa shape index (κ2) is 9.51. The molecule has 3 rings (SSSR count). The summed E-state index contributed by atoms with van der Waals surface area (Å²) in [6.45, 7) is 3.60. The van der Waals surface area contributed by atoms with Gasteiger partial charge in [-0.2, -0.15) is 0 Å². The molecule has 160 valence electrons. The van der Waals surface area contributed by atoms with E-state index in [-0.39, 0.29) is 27.7 Å². The number of carbonyl (C=O) groups is 1. The monoisotopic (exact) mass is 478 g/mol. The maximum Gasteiger partial charge on any atom is 0.264 e. The van der Waals surface area contributed by atoms with Crippen LogP contribution in [-0.2, 0) is 10.0 Å². The van der Waals surface area contributed by atoms with Crippen LogP contribution in [0.5, 0.6) is 0 Å². The summed E-state index contributed by atoms with van der Waals surface area (Å²) in [5.74, 6) is -1.37. The molecule has 0 aliphatic rings. The summed E-state index contributed by atoms with van der Waals surface area (Å²) in [6, 6.07) is 15.6. The molecule has 0 unspecified atom stereocenters. The zero-order valence-electron chi connectivity index (χ0n) is 16.1. The molecule has 0 atom stereocenters. The van der Waals surface area contributed by atoms with E-state index < -0.39 is 21.7 Å². The summed E-state index contributed by atoms with van der Waals surface area (Å²) in [5, 5.41) is 2.88. The van der Waals surface area contributed by atoms with Crippen LogP contribution in [0.1, 0.15) is 10.4 Å². The smallest absolute Gasteiger partial charge is 0.264 e. The summed E-state index contributed by atoms with van der Waals surface area (Å²) >= 11 is 12.0. The second-order valence-corrected chi connectivity index (χ2v) is 9.08. The topological polar surface area (TPSA) is 66.5 Å². The summed E-state index contributed by atoms with van der Waals surface area (Å²) < 4.78 is 41.6. The van der Waals surface area contributed by atoms with E-state index in [1.165, 1.54) is 36.4 Å². The van der Waals surface area contributed by atoms with E-state index in [9.17, 15) is 17.6 Å². The van der Waals surface area contributed by atoms with E-state index >= 15 is 0 Å². The van der Waals surface area contributed by atoms with E-state index in [2.05, 4.69) is 11.9 Å². The van der Waals surface area contributed by atoms with Crippen molar-refractivity contribution >= 4 is 50.5 Å². The van der Waals surface area contributed by atoms with Crippen LogP contribution < -0.4 is 9.62 Å². The van der Waals surface area contributed by atoms with Gasteiger partial charge >= 0.3 is 0 Å². The fourth-order valence-electron chi connectivity index (χ4n) is 2.79. The van der Waals surface area contributed by atoms with Gasteiger partial charge in [0.1, 0.15) is 5.82 Å². The molecule has 9 heteroatoms. The number of carbonyl (C=O) groups excluding carboxylic acids is 1. The minimum Gasteiger partial charge on any atom is -0.319 e. The van der Waals surface area contributed by atoms with E-state index in [1.54, 1.807) is 30.3 Å². The van der Waals surface area contributed by atoms with Gasteiger partial charge in [0.15, 0.2) is 0 Å². The Morgan fingerprint density at radius 3 is 2.39 bits per heavy atom. The fraction of sp³-hybridized carbons (Fsp3) is 0.0455. The van der Waals surface area contributed by atoms with Crippen molar-refractivity contribution in [2.24, 2.45) is 0 Å². The van der Waals surface area contributed by atoms with Gasteiger partial charge in [0.25, 0.3) is 15.9 Å². The van der Waals surface area contributed by atoms with Crippen molar-refractivity contribution in [2.75, 3.05) is 16.2 Å². The molecule has 0 aliphatic carbocycles. The molecule has 0 saturated carbocycles. The standard InChI is InChI=1S/C22H17Cl2FN2O3S/c1-2-13-27(16-9-7-15(23)8-10-16)31(29,30)17-11-12-19(24)18(14-17)22(28)26-21-6-4-3-5-20(21)25/h2-12,14H,1,13H2,(H,26,28). The van der Waals surface area contributed by atoms with E-state index in [0.717, 1.165) is 10.4 Å². The molecule has 5 nitrogen and oxygen atoms in total. The van der Waals surface area contributed by atoms with E-state index in [4.69, 9.17) is 23.2 Å². The van der Waals surface area contributed by atoms with Crippen LogP contribution in [0, 0.1) is 5.82 Å². The maximum atomic E-state index is 13.9. The average Bonchev–Trinajstić information content (AvgIpc) is 2.74. The number of sulfonamides is 1. The number of hydrogen-bond donors (Lipinski definition) is 1. The first-order valence-electron chi connectivity index (χ1n) is 8.98. The first-order valence-corrected chi connectivity index (χ1v) is 11.2. The lowest BCUT2D eigenvalue weighted by atomic mass is 10.2. The number of para-hydroxylation sites is 1. The van der Waals surface area contributed by atoms with Gasteiger partial charge in [-0.25, -0.2) is 12.8 Å². The van der Waals surface area contributed by atoms with Gasteiger partial charge in [0.2, 0.25) is 0 Å². The summed E-state index contributed by atoms with van der Waals surface area (Å²) in [5.41, 5.74) is 0.212. The Morgan fingerprint density at radius 1 is 1.06 bits per heavy atom. The number of halogens is 3. The largest absolute Gasteiger partial charge is 0.319 e. The first-order chi connectivity index (χ1) is 14.7. The predicted octanol–water partition coefficient (Wildman–Crippen LogP) is 5.77. The Balaban J connectivity index is 2.00. The summed E-state index contributed by atoms with van der Waals surface area (Å²) in [4.78, 5) is 12.5. The molecule has 0 heterocycles. The molecule has 1 amide bonds. The normalized spacial score (nSPS) is 11.1. The van der Waals surface area contributed by atoms with Gasteiger partial charge in [0, 0.05) is 5.02 Å². The molecule has 0 fully saturated rings. The van der Waals surface area contributed by atoms with Crippen molar-refractivity contribution < 1.29 is 17.6 Å². The van der Waals surface area contributed by atoms with Crippen LogP contribution in [0.25, 0.3) is 0 Å². The predicted molar refractivity (Wildman–Crippen MR) is 122 cm³/mol. The molecule has 0 radical (unpaired) electrons. The molecule has 31 heavy (non-hydrogen) atoms. The van der Waals surface area contributed by atoms with Crippen LogP contribution in [0.3, 0.4) is 0 Å². The molecular weight excluding hydrogens is 462 g/mol. The number of rotatable bonds is 7. The Bertz CT molecular complexity index is 1230. The van der Waals surface area contributed by atoms with Gasteiger partial charge in [-0.05, 0) is 54.6 Å². The van der Waals surface area contributed by atoms with Crippen LogP contribution in [0.4, 0.5) is 15.8 Å². The lowest BCUT2D eigenvalue weighted by Crippen LogP contribution is -2.31. The third kappa shape index (κ3) is 5.07. The highest BCUT2D eigenvalue weighted by atomic mass is 35.5. The zero-order chi connectivity index (χ0) is 22.6. The number of nitrogens with one attached hydrogen (secondary N) is 1. The highest BCUT2D eigenvalue weighted by Crippen LogP contribution is 2.28. The van der Waals surface area contributed by atoms with Crippen molar-refractivity contribution in [1.29, 1.82) is 0 Å². The molecule has 0 saturated heterocycles. The fourth-order valence-corrected chi connectivity index (χ4v) is 4.58. The molecule has 3 aromatic carbocycles. The number of anilines is 2. The summed E-state index contributed by atoms with van der Waals surface area (Å²) in [6.07, 6.45) is 1.44. The SMILES string of the molecule is C=CCN(c1ccc(Cl)cc1)S(=O)(=O)c1ccc(Cl)c(C(=O)Nc2ccccc2F)c1. The third-order valence-electron chi connectivity index (χ3n) is 4.30. The molecular formula is C22H17Cl2FN2O3S. The molecule has 1 N–H and O–H groups in total. The first kappa shape index (κ1) is 22.8. The van der Waals surface area contributed by atoms with Crippen molar-refractivity contribution in [2.45, 2.75) is 4.90 Å². The van der Waals surface area contributed by atoms with Crippen LogP contribution in [-0.4, -0.2) is 20.9 Å². The van der Waals surface area contributed by atoms with Crippen molar-refractivity contribution in [3.8, 4) is 0 Å². The van der Waals surface area contributed by atoms with Crippen molar-refractivity contribution in [1.82, 2.24) is 0 Å². The van der Waals surface area contributed by atoms with E-state index in [0.29, 0.717) is 10.7 Å². The lowest BCUT2D eigenvalue weighted by molar-refractivity contribution is 0.102. The zero-order valence-corrected chi connectivity index (χ0v) is 18.4. The van der Waals surface area contributed by atoms with Crippen molar-refractivity contribution in [3.63, 3.8) is 0 Å². The average molecular weight is 479 g/mol. The Kier molecular flexibility index (Phi) is 7.00. The van der Waals surface area contributed by atoms with Gasteiger partial charge in [-0.3, -0.25) is 9.10 Å². The molecule has 0 aromatic heterocycles. The molecule has 0 spiro atoms. The number of nitrogens with zero attached hydrogens (tertiary/aromatic N) is 1. The maximum absolute atomic E-state index is 13.9. The summed E-state index contributed by atoms with van der Waals surface area (Å²) in [7, 11) is -4.08. The highest BCUT2D eigenvalue weighted by molar-refractivity contribution is 7.92. The number of amides is 1. The Morgan fingerprint density at radius 2 is 1.74 bits per heavy atom. The van der Waals surface area contributed by atoms with E-state index in [1.807, 2.05) is 0 Å². The molecule has 0 aliphatic heterocycles. The van der Waals surface area contributed by atoms with Crippen LogP contribution >= 0.6 is 23.2 Å². The second-order valence-electron chi connectivity index (χ2n) is 6.38. The van der Waals surface area contributed by atoms with Gasteiger partial charge in [-0.1, -0.05) is 41.4 Å². The quantitative estimate of drug-likeness (QED) is 0.438. The third-order valence-corrected chi connectivity index (χ3v) is 6.67. The van der Waals surface area contributed by atoms with Crippen LogP contribution in [0.2, 0.25) is 10.0 Å².